The average Bonchev–Trinajstić information content (AvgIpc) is 3.02. The molecule has 0 aromatic heterocycles. The summed E-state index contributed by atoms with van der Waals surface area (Å²) < 4.78 is 0. The molecule has 4 aliphatic rings. The third-order valence-corrected chi connectivity index (χ3v) is 10.7. The Morgan fingerprint density at radius 1 is 0.966 bits per heavy atom. The highest BCUT2D eigenvalue weighted by atomic mass is 16.3. The van der Waals surface area contributed by atoms with Gasteiger partial charge in [-0.1, -0.05) is 72.0 Å². The fraction of sp³-hybridized carbons (Fsp3) is 0.929. The van der Waals surface area contributed by atoms with Crippen molar-refractivity contribution in [3.05, 3.63) is 11.1 Å². The predicted octanol–water partition coefficient (Wildman–Crippen LogP) is 7.78. The summed E-state index contributed by atoms with van der Waals surface area (Å²) in [4.78, 5) is 0. The first-order chi connectivity index (χ1) is 13.7. The van der Waals surface area contributed by atoms with Crippen LogP contribution in [0.3, 0.4) is 0 Å². The summed E-state index contributed by atoms with van der Waals surface area (Å²) in [6.45, 7) is 14.9. The molecule has 1 N–H and O–H groups in total. The molecule has 1 unspecified atom stereocenters. The summed E-state index contributed by atoms with van der Waals surface area (Å²) in [5.74, 6) is 4.73. The van der Waals surface area contributed by atoms with Crippen LogP contribution in [-0.2, 0) is 0 Å². The Balaban J connectivity index is 1.54. The Bertz CT molecular complexity index is 632. The zero-order valence-electron chi connectivity index (χ0n) is 20.3. The lowest BCUT2D eigenvalue weighted by atomic mass is 9.49. The third kappa shape index (κ3) is 3.56. The van der Waals surface area contributed by atoms with Crippen LogP contribution in [-0.4, -0.2) is 11.2 Å². The summed E-state index contributed by atoms with van der Waals surface area (Å²) in [5.41, 5.74) is 4.73. The topological polar surface area (TPSA) is 20.2 Å². The summed E-state index contributed by atoms with van der Waals surface area (Å²) in [6, 6.07) is 0. The van der Waals surface area contributed by atoms with Gasteiger partial charge >= 0.3 is 0 Å². The molecule has 0 amide bonds. The zero-order valence-corrected chi connectivity index (χ0v) is 20.3. The maximum absolute atomic E-state index is 10.5. The molecule has 0 aromatic rings. The van der Waals surface area contributed by atoms with Crippen molar-refractivity contribution in [2.45, 2.75) is 118 Å². The first kappa shape index (κ1) is 21.9. The van der Waals surface area contributed by atoms with Gasteiger partial charge in [0.2, 0.25) is 0 Å². The van der Waals surface area contributed by atoms with Crippen LogP contribution in [0.5, 0.6) is 0 Å². The van der Waals surface area contributed by atoms with Gasteiger partial charge in [-0.05, 0) is 97.7 Å². The monoisotopic (exact) mass is 400 g/mol. The summed E-state index contributed by atoms with van der Waals surface area (Å²) in [5, 5.41) is 10.5. The maximum Gasteiger partial charge on any atom is 0.0569 e. The summed E-state index contributed by atoms with van der Waals surface area (Å²) >= 11 is 0. The van der Waals surface area contributed by atoms with E-state index in [1.165, 1.54) is 64.2 Å². The van der Waals surface area contributed by atoms with Gasteiger partial charge in [-0.3, -0.25) is 0 Å². The van der Waals surface area contributed by atoms with Crippen molar-refractivity contribution in [1.82, 2.24) is 0 Å². The smallest absolute Gasteiger partial charge is 0.0569 e. The maximum atomic E-state index is 10.5. The predicted molar refractivity (Wildman–Crippen MR) is 124 cm³/mol. The lowest BCUT2D eigenvalue weighted by Gasteiger charge is -2.56. The van der Waals surface area contributed by atoms with Gasteiger partial charge in [-0.15, -0.1) is 0 Å². The van der Waals surface area contributed by atoms with E-state index in [1.54, 1.807) is 0 Å². The van der Waals surface area contributed by atoms with E-state index in [2.05, 4.69) is 41.5 Å². The number of hydrogen-bond donors (Lipinski definition) is 1. The Morgan fingerprint density at radius 2 is 1.72 bits per heavy atom. The number of hydrogen-bond acceptors (Lipinski definition) is 1. The number of aliphatic hydroxyl groups excluding tert-OH is 1. The van der Waals surface area contributed by atoms with Crippen molar-refractivity contribution in [2.24, 2.45) is 46.3 Å². The van der Waals surface area contributed by atoms with Crippen molar-refractivity contribution in [2.75, 3.05) is 0 Å². The van der Waals surface area contributed by atoms with Gasteiger partial charge in [0, 0.05) is 0 Å². The molecule has 0 radical (unpaired) electrons. The second kappa shape index (κ2) is 7.99. The van der Waals surface area contributed by atoms with Crippen LogP contribution in [0.4, 0.5) is 0 Å². The molecule has 0 heterocycles. The van der Waals surface area contributed by atoms with Gasteiger partial charge in [-0.25, -0.2) is 0 Å². The Hall–Kier alpha value is -0.300. The number of rotatable bonds is 5. The molecule has 0 spiro atoms. The van der Waals surface area contributed by atoms with Crippen LogP contribution < -0.4 is 0 Å². The molecule has 0 saturated heterocycles. The largest absolute Gasteiger partial charge is 0.393 e. The molecule has 2 saturated carbocycles. The van der Waals surface area contributed by atoms with Gasteiger partial charge in [0.15, 0.2) is 0 Å². The van der Waals surface area contributed by atoms with Crippen LogP contribution >= 0.6 is 0 Å². The van der Waals surface area contributed by atoms with E-state index in [0.717, 1.165) is 30.1 Å². The molecule has 0 aromatic carbocycles. The molecule has 4 rings (SSSR count). The molecule has 29 heavy (non-hydrogen) atoms. The quantitative estimate of drug-likeness (QED) is 0.467. The first-order valence-electron chi connectivity index (χ1n) is 13.1. The van der Waals surface area contributed by atoms with E-state index >= 15 is 0 Å². The van der Waals surface area contributed by atoms with E-state index in [9.17, 15) is 5.11 Å². The molecule has 4 aliphatic carbocycles. The highest BCUT2D eigenvalue weighted by molar-refractivity contribution is 5.34. The van der Waals surface area contributed by atoms with Crippen LogP contribution in [0.25, 0.3) is 0 Å². The SMILES string of the molecule is CC(C)CCC[C@@H](C)[C@H]1CC[C@H]2C3=C(CC[C@]12C)[C@@]1(C)CC[C@H](O)[C@@H](C)C1CC3. The van der Waals surface area contributed by atoms with Crippen LogP contribution in [0, 0.1) is 46.3 Å². The number of aliphatic hydroxyl groups is 1. The molecule has 1 nitrogen and oxygen atoms in total. The fourth-order valence-electron chi connectivity index (χ4n) is 8.93. The molecule has 0 aliphatic heterocycles. The Labute approximate surface area is 181 Å². The second-order valence-corrected chi connectivity index (χ2v) is 12.6. The van der Waals surface area contributed by atoms with Gasteiger partial charge in [0.05, 0.1) is 6.10 Å². The molecule has 166 valence electrons. The normalized spacial score (nSPS) is 45.7. The van der Waals surface area contributed by atoms with Crippen molar-refractivity contribution in [3.8, 4) is 0 Å². The summed E-state index contributed by atoms with van der Waals surface area (Å²) in [7, 11) is 0. The minimum absolute atomic E-state index is 0.0633. The van der Waals surface area contributed by atoms with Gasteiger partial charge in [0.1, 0.15) is 0 Å². The van der Waals surface area contributed by atoms with Gasteiger partial charge in [0.25, 0.3) is 0 Å². The van der Waals surface area contributed by atoms with E-state index < -0.39 is 0 Å². The number of fused-ring (bicyclic) bond motifs is 4. The molecular formula is C28H48O. The van der Waals surface area contributed by atoms with Crippen molar-refractivity contribution in [1.29, 1.82) is 0 Å². The van der Waals surface area contributed by atoms with Crippen LogP contribution in [0.15, 0.2) is 11.1 Å². The van der Waals surface area contributed by atoms with Gasteiger partial charge in [-0.2, -0.15) is 0 Å². The molecule has 1 heteroatoms. The fourth-order valence-corrected chi connectivity index (χ4v) is 8.93. The molecule has 0 bridgehead atoms. The van der Waals surface area contributed by atoms with Crippen LogP contribution in [0.2, 0.25) is 0 Å². The third-order valence-electron chi connectivity index (χ3n) is 10.7. The first-order valence-corrected chi connectivity index (χ1v) is 13.1. The Kier molecular flexibility index (Phi) is 6.04. The standard InChI is InChI=1S/C28H48O/c1-18(2)8-7-9-19(3)22-12-13-24-21-10-11-23-20(4)26(29)15-17-28(23,6)25(21)14-16-27(22,24)5/h18-20,22-24,26,29H,7-17H2,1-6H3/t19-,20+,22-,23?,24+,26+,27-,28+/m1/s1. The lowest BCUT2D eigenvalue weighted by Crippen LogP contribution is -2.49. The summed E-state index contributed by atoms with van der Waals surface area (Å²) in [6.07, 6.45) is 14.8. The van der Waals surface area contributed by atoms with Crippen molar-refractivity contribution >= 4 is 0 Å². The minimum atomic E-state index is -0.0633. The molecule has 2 fully saturated rings. The Morgan fingerprint density at radius 3 is 2.45 bits per heavy atom. The van der Waals surface area contributed by atoms with E-state index in [1.807, 2.05) is 11.1 Å². The number of allylic oxidation sites excluding steroid dienone is 2. The zero-order chi connectivity index (χ0) is 21.0. The van der Waals surface area contributed by atoms with Gasteiger partial charge < -0.3 is 5.11 Å². The van der Waals surface area contributed by atoms with E-state index in [0.29, 0.717) is 22.7 Å². The molecular weight excluding hydrogens is 352 g/mol. The average molecular weight is 401 g/mol. The lowest BCUT2D eigenvalue weighted by molar-refractivity contribution is -0.0336. The highest BCUT2D eigenvalue weighted by Crippen LogP contribution is 2.66. The van der Waals surface area contributed by atoms with E-state index in [4.69, 9.17) is 0 Å². The van der Waals surface area contributed by atoms with Crippen molar-refractivity contribution < 1.29 is 5.11 Å². The minimum Gasteiger partial charge on any atom is -0.393 e. The highest BCUT2D eigenvalue weighted by Gasteiger charge is 2.56. The van der Waals surface area contributed by atoms with E-state index in [-0.39, 0.29) is 6.10 Å². The second-order valence-electron chi connectivity index (χ2n) is 12.6. The molecule has 8 atom stereocenters. The van der Waals surface area contributed by atoms with Crippen molar-refractivity contribution in [3.63, 3.8) is 0 Å². The van der Waals surface area contributed by atoms with Crippen LogP contribution in [0.1, 0.15) is 112 Å².